The first kappa shape index (κ1) is 36.2. The number of rotatable bonds is 14. The summed E-state index contributed by atoms with van der Waals surface area (Å²) < 4.78 is 35.1. The van der Waals surface area contributed by atoms with Gasteiger partial charge < -0.3 is 15.0 Å². The number of amides is 2. The summed E-state index contributed by atoms with van der Waals surface area (Å²) in [6, 6.07) is 28.0. The number of ether oxygens (including phenoxy) is 1. The zero-order valence-electron chi connectivity index (χ0n) is 27.4. The van der Waals surface area contributed by atoms with E-state index in [1.54, 1.807) is 60.7 Å². The van der Waals surface area contributed by atoms with E-state index < -0.39 is 28.5 Å². The van der Waals surface area contributed by atoms with E-state index in [0.29, 0.717) is 33.7 Å². The molecule has 1 fully saturated rings. The van der Waals surface area contributed by atoms with Crippen molar-refractivity contribution in [1.82, 2.24) is 10.2 Å². The molecule has 0 aromatic heterocycles. The first-order valence-corrected chi connectivity index (χ1v) is 18.7. The quantitative estimate of drug-likeness (QED) is 0.144. The Balaban J connectivity index is 1.55. The Morgan fingerprint density at radius 3 is 2.16 bits per heavy atom. The molecule has 0 aliphatic heterocycles. The Labute approximate surface area is 299 Å². The number of sulfonamides is 1. The number of nitrogens with zero attached hydrogens (tertiary/aromatic N) is 2. The van der Waals surface area contributed by atoms with Gasteiger partial charge in [-0.25, -0.2) is 8.42 Å². The highest BCUT2D eigenvalue weighted by Crippen LogP contribution is 2.28. The van der Waals surface area contributed by atoms with Gasteiger partial charge in [-0.2, -0.15) is 0 Å². The van der Waals surface area contributed by atoms with Gasteiger partial charge in [0.25, 0.3) is 10.0 Å². The predicted molar refractivity (Wildman–Crippen MR) is 195 cm³/mol. The fraction of sp³-hybridized carbons (Fsp3) is 0.316. The molecule has 2 amide bonds. The summed E-state index contributed by atoms with van der Waals surface area (Å²) in [6.45, 7) is 1.67. The molecular formula is C38H41Cl2N3O5S. The molecule has 0 saturated heterocycles. The number of anilines is 1. The number of halogens is 2. The van der Waals surface area contributed by atoms with Crippen molar-refractivity contribution in [2.24, 2.45) is 0 Å². The zero-order valence-corrected chi connectivity index (χ0v) is 29.8. The van der Waals surface area contributed by atoms with E-state index in [-0.39, 0.29) is 29.8 Å². The second-order valence-corrected chi connectivity index (χ2v) is 14.8. The van der Waals surface area contributed by atoms with Gasteiger partial charge in [0.15, 0.2) is 0 Å². The standard InChI is InChI=1S/C38H41Cl2N3O5S/c1-2-48-33-20-22-34(23-21-33)49(46,47)43(32-16-10-5-11-17-32)27-37(44)42(26-29-18-19-30(39)25-35(29)40)36(24-28-12-6-3-7-13-28)38(45)41-31-14-8-4-9-15-31/h3,5-7,10-13,16-23,25,31,36H,2,4,8-9,14-15,24,26-27H2,1H3,(H,41,45). The summed E-state index contributed by atoms with van der Waals surface area (Å²) in [5.74, 6) is -0.332. The third-order valence-electron chi connectivity index (χ3n) is 8.62. The summed E-state index contributed by atoms with van der Waals surface area (Å²) in [7, 11) is -4.24. The maximum atomic E-state index is 14.7. The van der Waals surface area contributed by atoms with Crippen LogP contribution in [0.2, 0.25) is 10.0 Å². The minimum Gasteiger partial charge on any atom is -0.494 e. The SMILES string of the molecule is CCOc1ccc(S(=O)(=O)N(CC(=O)N(Cc2ccc(Cl)cc2Cl)C(Cc2ccccc2)C(=O)NC2CCCCC2)c2ccccc2)cc1. The van der Waals surface area contributed by atoms with Gasteiger partial charge in [-0.1, -0.05) is 97.1 Å². The smallest absolute Gasteiger partial charge is 0.264 e. The topological polar surface area (TPSA) is 96.0 Å². The molecular weight excluding hydrogens is 681 g/mol. The Morgan fingerprint density at radius 2 is 1.53 bits per heavy atom. The van der Waals surface area contributed by atoms with Gasteiger partial charge in [0.1, 0.15) is 18.3 Å². The number of carbonyl (C=O) groups is 2. The van der Waals surface area contributed by atoms with Crippen LogP contribution in [0.3, 0.4) is 0 Å². The van der Waals surface area contributed by atoms with Gasteiger partial charge in [0, 0.05) is 29.1 Å². The molecule has 4 aromatic carbocycles. The fourth-order valence-corrected chi connectivity index (χ4v) is 7.94. The van der Waals surface area contributed by atoms with Gasteiger partial charge in [-0.3, -0.25) is 13.9 Å². The van der Waals surface area contributed by atoms with Crippen LogP contribution in [-0.4, -0.2) is 50.4 Å². The lowest BCUT2D eigenvalue weighted by atomic mass is 9.94. The molecule has 1 saturated carbocycles. The number of benzene rings is 4. The molecule has 8 nitrogen and oxygen atoms in total. The summed E-state index contributed by atoms with van der Waals surface area (Å²) in [5.41, 5.74) is 1.73. The Bertz CT molecular complexity index is 1800. The molecule has 5 rings (SSSR count). The summed E-state index contributed by atoms with van der Waals surface area (Å²) in [5, 5.41) is 3.97. The molecule has 1 N–H and O–H groups in total. The van der Waals surface area contributed by atoms with Crippen molar-refractivity contribution in [3.8, 4) is 5.75 Å². The molecule has 1 aliphatic carbocycles. The fourth-order valence-electron chi connectivity index (χ4n) is 6.06. The molecule has 0 heterocycles. The lowest BCUT2D eigenvalue weighted by Crippen LogP contribution is -2.55. The largest absolute Gasteiger partial charge is 0.494 e. The summed E-state index contributed by atoms with van der Waals surface area (Å²) in [6.07, 6.45) is 5.11. The third kappa shape index (κ3) is 9.56. The van der Waals surface area contributed by atoms with Crippen LogP contribution in [0, 0.1) is 0 Å². The molecule has 0 radical (unpaired) electrons. The maximum Gasteiger partial charge on any atom is 0.264 e. The van der Waals surface area contributed by atoms with E-state index >= 15 is 0 Å². The second kappa shape index (κ2) is 17.1. The molecule has 49 heavy (non-hydrogen) atoms. The van der Waals surface area contributed by atoms with Crippen molar-refractivity contribution < 1.29 is 22.7 Å². The van der Waals surface area contributed by atoms with Gasteiger partial charge >= 0.3 is 0 Å². The molecule has 1 aliphatic rings. The van der Waals surface area contributed by atoms with Gasteiger partial charge in [0.05, 0.1) is 17.2 Å². The van der Waals surface area contributed by atoms with Crippen LogP contribution in [0.1, 0.15) is 50.2 Å². The summed E-state index contributed by atoms with van der Waals surface area (Å²) >= 11 is 12.8. The minimum absolute atomic E-state index is 0.00329. The Hall–Kier alpha value is -4.05. The molecule has 4 aromatic rings. The number of hydrogen-bond acceptors (Lipinski definition) is 5. The van der Waals surface area contributed by atoms with E-state index in [0.717, 1.165) is 42.0 Å². The van der Waals surface area contributed by atoms with Crippen molar-refractivity contribution in [2.75, 3.05) is 17.5 Å². The Morgan fingerprint density at radius 1 is 0.878 bits per heavy atom. The molecule has 1 atom stereocenters. The van der Waals surface area contributed by atoms with Crippen LogP contribution < -0.4 is 14.4 Å². The highest BCUT2D eigenvalue weighted by molar-refractivity contribution is 7.92. The Kier molecular flexibility index (Phi) is 12.6. The molecule has 0 spiro atoms. The number of carbonyl (C=O) groups excluding carboxylic acids is 2. The first-order chi connectivity index (χ1) is 23.7. The number of nitrogens with one attached hydrogen (secondary N) is 1. The van der Waals surface area contributed by atoms with Crippen LogP contribution in [-0.2, 0) is 32.6 Å². The third-order valence-corrected chi connectivity index (χ3v) is 11.0. The average Bonchev–Trinajstić information content (AvgIpc) is 3.11. The van der Waals surface area contributed by atoms with Crippen molar-refractivity contribution in [2.45, 2.75) is 69.0 Å². The highest BCUT2D eigenvalue weighted by Gasteiger charge is 2.35. The number of para-hydroxylation sites is 1. The first-order valence-electron chi connectivity index (χ1n) is 16.5. The van der Waals surface area contributed by atoms with Crippen molar-refractivity contribution in [3.05, 3.63) is 124 Å². The highest BCUT2D eigenvalue weighted by atomic mass is 35.5. The van der Waals surface area contributed by atoms with Gasteiger partial charge in [-0.15, -0.1) is 0 Å². The van der Waals surface area contributed by atoms with Crippen molar-refractivity contribution in [3.63, 3.8) is 0 Å². The normalized spacial score (nSPS) is 14.1. The van der Waals surface area contributed by atoms with E-state index in [9.17, 15) is 18.0 Å². The molecule has 11 heteroatoms. The minimum atomic E-state index is -4.24. The van der Waals surface area contributed by atoms with Crippen LogP contribution in [0.5, 0.6) is 5.75 Å². The van der Waals surface area contributed by atoms with Crippen molar-refractivity contribution >= 4 is 50.7 Å². The predicted octanol–water partition coefficient (Wildman–Crippen LogP) is 7.68. The van der Waals surface area contributed by atoms with Gasteiger partial charge in [0.2, 0.25) is 11.8 Å². The second-order valence-electron chi connectivity index (χ2n) is 12.1. The monoisotopic (exact) mass is 721 g/mol. The number of hydrogen-bond donors (Lipinski definition) is 1. The van der Waals surface area contributed by atoms with E-state index in [4.69, 9.17) is 27.9 Å². The van der Waals surface area contributed by atoms with E-state index in [1.165, 1.54) is 17.0 Å². The van der Waals surface area contributed by atoms with Crippen LogP contribution in [0.25, 0.3) is 0 Å². The maximum absolute atomic E-state index is 14.7. The average molecular weight is 723 g/mol. The summed E-state index contributed by atoms with van der Waals surface area (Å²) in [4.78, 5) is 30.4. The molecule has 0 bridgehead atoms. The van der Waals surface area contributed by atoms with Crippen LogP contribution in [0.4, 0.5) is 5.69 Å². The van der Waals surface area contributed by atoms with Crippen molar-refractivity contribution in [1.29, 1.82) is 0 Å². The van der Waals surface area contributed by atoms with E-state index in [1.807, 2.05) is 37.3 Å². The van der Waals surface area contributed by atoms with Crippen LogP contribution in [0.15, 0.2) is 108 Å². The van der Waals surface area contributed by atoms with E-state index in [2.05, 4.69) is 5.32 Å². The zero-order chi connectivity index (χ0) is 34.8. The molecule has 1 unspecified atom stereocenters. The van der Waals surface area contributed by atoms with Crippen LogP contribution >= 0.6 is 23.2 Å². The molecule has 258 valence electrons. The lowest BCUT2D eigenvalue weighted by Gasteiger charge is -2.35. The van der Waals surface area contributed by atoms with Gasteiger partial charge in [-0.05, 0) is 79.4 Å². The lowest BCUT2D eigenvalue weighted by molar-refractivity contribution is -0.140.